The zero-order valence-electron chi connectivity index (χ0n) is 23.9. The van der Waals surface area contributed by atoms with Gasteiger partial charge in [-0.15, -0.1) is 0 Å². The molecule has 204 valence electrons. The summed E-state index contributed by atoms with van der Waals surface area (Å²) in [6.45, 7) is 9.55. The molecular formula is C36H33N3O2. The van der Waals surface area contributed by atoms with Crippen molar-refractivity contribution in [2.75, 3.05) is 18.1 Å². The molecule has 2 aromatic heterocycles. The van der Waals surface area contributed by atoms with Crippen LogP contribution in [0.25, 0.3) is 32.9 Å². The maximum Gasteiger partial charge on any atom is 0.119 e. The lowest BCUT2D eigenvalue weighted by Gasteiger charge is -2.26. The Balaban J connectivity index is 1.39. The molecule has 0 aliphatic heterocycles. The zero-order valence-corrected chi connectivity index (χ0v) is 23.9. The average Bonchev–Trinajstić information content (AvgIpc) is 3.00. The first-order valence-electron chi connectivity index (χ1n) is 14.1. The van der Waals surface area contributed by atoms with Gasteiger partial charge in [0.2, 0.25) is 0 Å². The van der Waals surface area contributed by atoms with Crippen molar-refractivity contribution in [1.29, 1.82) is 0 Å². The van der Waals surface area contributed by atoms with Gasteiger partial charge in [0, 0.05) is 45.8 Å². The van der Waals surface area contributed by atoms with Crippen molar-refractivity contribution in [1.82, 2.24) is 9.97 Å². The highest BCUT2D eigenvalue weighted by Gasteiger charge is 2.15. The van der Waals surface area contributed by atoms with E-state index in [0.29, 0.717) is 13.2 Å². The minimum atomic E-state index is 0.638. The number of ether oxygens (including phenoxy) is 2. The molecule has 0 N–H and O–H groups in total. The van der Waals surface area contributed by atoms with Crippen molar-refractivity contribution in [3.8, 4) is 22.6 Å². The maximum atomic E-state index is 5.69. The van der Waals surface area contributed by atoms with E-state index < -0.39 is 0 Å². The highest BCUT2D eigenvalue weighted by Crippen LogP contribution is 2.38. The molecule has 0 bridgehead atoms. The van der Waals surface area contributed by atoms with E-state index >= 15 is 0 Å². The second kappa shape index (κ2) is 11.3. The number of aromatic nitrogens is 2. The van der Waals surface area contributed by atoms with Gasteiger partial charge in [-0.2, -0.15) is 0 Å². The molecular weight excluding hydrogens is 506 g/mol. The molecule has 0 radical (unpaired) electrons. The van der Waals surface area contributed by atoms with Crippen LogP contribution in [0.5, 0.6) is 11.5 Å². The number of hydrogen-bond donors (Lipinski definition) is 0. The molecule has 5 nitrogen and oxygen atoms in total. The summed E-state index contributed by atoms with van der Waals surface area (Å²) in [6, 6.07) is 31.5. The van der Waals surface area contributed by atoms with Crippen LogP contribution in [0.2, 0.25) is 0 Å². The molecule has 41 heavy (non-hydrogen) atoms. The molecule has 4 aromatic carbocycles. The van der Waals surface area contributed by atoms with Crippen LogP contribution < -0.4 is 14.4 Å². The van der Waals surface area contributed by atoms with Crippen LogP contribution in [0.15, 0.2) is 103 Å². The Morgan fingerprint density at radius 1 is 0.585 bits per heavy atom. The van der Waals surface area contributed by atoms with Gasteiger partial charge in [0.25, 0.3) is 0 Å². The van der Waals surface area contributed by atoms with Crippen molar-refractivity contribution < 1.29 is 9.47 Å². The van der Waals surface area contributed by atoms with E-state index in [0.717, 1.165) is 61.5 Å². The highest BCUT2D eigenvalue weighted by atomic mass is 16.5. The van der Waals surface area contributed by atoms with E-state index in [1.807, 2.05) is 56.6 Å². The van der Waals surface area contributed by atoms with Gasteiger partial charge in [-0.3, -0.25) is 9.97 Å². The molecule has 0 unspecified atom stereocenters. The van der Waals surface area contributed by atoms with Crippen LogP contribution in [0, 0.1) is 13.8 Å². The molecule has 2 heterocycles. The minimum Gasteiger partial charge on any atom is -0.494 e. The van der Waals surface area contributed by atoms with Gasteiger partial charge in [-0.25, -0.2) is 0 Å². The minimum absolute atomic E-state index is 0.638. The molecule has 0 spiro atoms. The molecule has 5 heteroatoms. The van der Waals surface area contributed by atoms with Gasteiger partial charge in [0.1, 0.15) is 11.5 Å². The lowest BCUT2D eigenvalue weighted by Crippen LogP contribution is -2.10. The fourth-order valence-electron chi connectivity index (χ4n) is 5.39. The van der Waals surface area contributed by atoms with E-state index in [2.05, 4.69) is 84.4 Å². The Morgan fingerprint density at radius 2 is 1.10 bits per heavy atom. The summed E-state index contributed by atoms with van der Waals surface area (Å²) >= 11 is 0. The summed E-state index contributed by atoms with van der Waals surface area (Å²) in [5.74, 6) is 1.71. The summed E-state index contributed by atoms with van der Waals surface area (Å²) in [5.41, 5.74) is 9.69. The first kappa shape index (κ1) is 26.3. The number of nitrogens with zero attached hydrogens (tertiary/aromatic N) is 3. The highest BCUT2D eigenvalue weighted by molar-refractivity contribution is 6.06. The van der Waals surface area contributed by atoms with Crippen LogP contribution >= 0.6 is 0 Å². The Hall–Kier alpha value is -4.90. The topological polar surface area (TPSA) is 47.5 Å². The van der Waals surface area contributed by atoms with Crippen LogP contribution in [0.1, 0.15) is 25.0 Å². The Morgan fingerprint density at radius 3 is 1.66 bits per heavy atom. The van der Waals surface area contributed by atoms with E-state index in [1.54, 1.807) is 0 Å². The normalized spacial score (nSPS) is 11.1. The van der Waals surface area contributed by atoms with Crippen LogP contribution in [-0.2, 0) is 0 Å². The monoisotopic (exact) mass is 539 g/mol. The predicted molar refractivity (Wildman–Crippen MR) is 169 cm³/mol. The largest absolute Gasteiger partial charge is 0.494 e. The van der Waals surface area contributed by atoms with Gasteiger partial charge >= 0.3 is 0 Å². The molecule has 6 rings (SSSR count). The summed E-state index contributed by atoms with van der Waals surface area (Å²) in [4.78, 5) is 11.8. The number of fused-ring (bicyclic) bond motifs is 3. The van der Waals surface area contributed by atoms with Gasteiger partial charge in [0.15, 0.2) is 0 Å². The smallest absolute Gasteiger partial charge is 0.119 e. The lowest BCUT2D eigenvalue weighted by molar-refractivity contribution is 0.340. The van der Waals surface area contributed by atoms with Crippen molar-refractivity contribution in [3.63, 3.8) is 0 Å². The summed E-state index contributed by atoms with van der Waals surface area (Å²) < 4.78 is 11.4. The fraction of sp³-hybridized carbons (Fsp3) is 0.167. The number of rotatable bonds is 8. The van der Waals surface area contributed by atoms with E-state index in [9.17, 15) is 0 Å². The third-order valence-electron chi connectivity index (χ3n) is 7.48. The lowest BCUT2D eigenvalue weighted by atomic mass is 9.97. The van der Waals surface area contributed by atoms with Gasteiger partial charge in [-0.1, -0.05) is 24.3 Å². The Labute approximate surface area is 241 Å². The van der Waals surface area contributed by atoms with Crippen LogP contribution in [-0.4, -0.2) is 23.2 Å². The van der Waals surface area contributed by atoms with Crippen molar-refractivity contribution >= 4 is 38.9 Å². The Bertz CT molecular complexity index is 1760. The fourth-order valence-corrected chi connectivity index (χ4v) is 5.39. The summed E-state index contributed by atoms with van der Waals surface area (Å²) in [7, 11) is 0. The van der Waals surface area contributed by atoms with Crippen LogP contribution in [0.3, 0.4) is 0 Å². The van der Waals surface area contributed by atoms with Crippen molar-refractivity contribution in [2.45, 2.75) is 27.7 Å². The van der Waals surface area contributed by atoms with Crippen molar-refractivity contribution in [2.24, 2.45) is 0 Å². The van der Waals surface area contributed by atoms with Gasteiger partial charge in [-0.05, 0) is 111 Å². The molecule has 0 aliphatic carbocycles. The van der Waals surface area contributed by atoms with E-state index in [4.69, 9.17) is 14.5 Å². The number of anilines is 3. The second-order valence-corrected chi connectivity index (χ2v) is 10.0. The Kier molecular flexibility index (Phi) is 7.26. The average molecular weight is 540 g/mol. The quantitative estimate of drug-likeness (QED) is 0.180. The summed E-state index contributed by atoms with van der Waals surface area (Å²) in [5, 5.41) is 2.27. The van der Waals surface area contributed by atoms with Crippen LogP contribution in [0.4, 0.5) is 17.1 Å². The zero-order chi connectivity index (χ0) is 28.3. The number of benzene rings is 4. The van der Waals surface area contributed by atoms with Gasteiger partial charge < -0.3 is 14.4 Å². The molecule has 0 aliphatic rings. The molecule has 0 saturated carbocycles. The SMILES string of the molecule is CCOc1ccc(N(c2ccc(OCC)cc2)c2ccc(-c3cnc4c(ccc5c(C)ccnc54)c3C)cc2)cc1. The number of aryl methyl sites for hydroxylation is 2. The molecule has 0 saturated heterocycles. The second-order valence-electron chi connectivity index (χ2n) is 10.0. The molecule has 0 fully saturated rings. The number of pyridine rings is 2. The molecule has 0 atom stereocenters. The van der Waals surface area contributed by atoms with Gasteiger partial charge in [0.05, 0.1) is 24.2 Å². The predicted octanol–water partition coefficient (Wildman–Crippen LogP) is 9.33. The standard InChI is InChI=1S/C36H33N3O2/c1-5-40-30-15-11-28(12-16-30)39(29-13-17-31(18-14-29)41-6-2)27-9-7-26(8-10-27)34-23-38-36-33(25(34)4)20-19-32-24(3)21-22-37-35(32)36/h7-23H,5-6H2,1-4H3. The maximum absolute atomic E-state index is 5.69. The summed E-state index contributed by atoms with van der Waals surface area (Å²) in [6.07, 6.45) is 3.84. The molecule has 0 amide bonds. The first-order valence-corrected chi connectivity index (χ1v) is 14.1. The van der Waals surface area contributed by atoms with E-state index in [1.165, 1.54) is 11.1 Å². The number of hydrogen-bond acceptors (Lipinski definition) is 5. The third kappa shape index (κ3) is 5.07. The molecule has 6 aromatic rings. The third-order valence-corrected chi connectivity index (χ3v) is 7.48. The van der Waals surface area contributed by atoms with E-state index in [-0.39, 0.29) is 0 Å². The first-order chi connectivity index (χ1) is 20.1. The van der Waals surface area contributed by atoms with Crippen molar-refractivity contribution in [3.05, 3.63) is 115 Å².